The van der Waals surface area contributed by atoms with Crippen molar-refractivity contribution in [3.63, 3.8) is 0 Å². The molecule has 0 fully saturated rings. The Kier molecular flexibility index (Phi) is 4.68. The first-order valence-electron chi connectivity index (χ1n) is 7.24. The van der Waals surface area contributed by atoms with E-state index >= 15 is 0 Å². The van der Waals surface area contributed by atoms with Gasteiger partial charge >= 0.3 is 0 Å². The minimum atomic E-state index is -0.188. The second kappa shape index (κ2) is 6.90. The number of benzene rings is 1. The number of amides is 1. The van der Waals surface area contributed by atoms with Gasteiger partial charge in [-0.3, -0.25) is 4.79 Å². The summed E-state index contributed by atoms with van der Waals surface area (Å²) >= 11 is 1.26. The Morgan fingerprint density at radius 2 is 2.21 bits per heavy atom. The van der Waals surface area contributed by atoms with E-state index in [9.17, 15) is 4.79 Å². The molecule has 2 aromatic heterocycles. The van der Waals surface area contributed by atoms with Crippen molar-refractivity contribution in [3.8, 4) is 11.5 Å². The lowest BCUT2D eigenvalue weighted by Crippen LogP contribution is -2.13. The molecular weight excluding hydrogens is 328 g/mol. The normalized spacial score (nSPS) is 10.8. The molecule has 3 rings (SSSR count). The van der Waals surface area contributed by atoms with Gasteiger partial charge in [0.2, 0.25) is 0 Å². The quantitative estimate of drug-likeness (QED) is 0.764. The molecule has 0 spiro atoms. The second-order valence-electron chi connectivity index (χ2n) is 5.19. The van der Waals surface area contributed by atoms with E-state index in [4.69, 9.17) is 9.26 Å². The summed E-state index contributed by atoms with van der Waals surface area (Å²) in [4.78, 5) is 16.7. The van der Waals surface area contributed by atoms with Gasteiger partial charge in [-0.15, -0.1) is 0 Å². The highest BCUT2D eigenvalue weighted by atomic mass is 32.1. The summed E-state index contributed by atoms with van der Waals surface area (Å²) in [6.45, 7) is 3.98. The number of methoxy groups -OCH3 is 1. The molecule has 0 bridgehead atoms. The minimum absolute atomic E-state index is 0.188. The van der Waals surface area contributed by atoms with Crippen LogP contribution in [0.2, 0.25) is 0 Å². The molecule has 124 valence electrons. The maximum atomic E-state index is 12.4. The maximum absolute atomic E-state index is 12.4. The predicted octanol–water partition coefficient (Wildman–Crippen LogP) is 3.21. The number of aromatic nitrogens is 3. The van der Waals surface area contributed by atoms with Crippen LogP contribution in [0.3, 0.4) is 0 Å². The van der Waals surface area contributed by atoms with Crippen LogP contribution in [0.5, 0.6) is 0 Å². The summed E-state index contributed by atoms with van der Waals surface area (Å²) in [5.41, 5.74) is 3.59. The molecule has 7 nitrogen and oxygen atoms in total. The van der Waals surface area contributed by atoms with Gasteiger partial charge in [0.1, 0.15) is 6.61 Å². The van der Waals surface area contributed by atoms with Crippen LogP contribution >= 0.6 is 11.5 Å². The zero-order chi connectivity index (χ0) is 17.1. The standard InChI is InChI=1S/C16H16N4O3S/c1-9-11(16-18-14(7-22-3)19-23-16)5-4-6-13(9)17-15(21)12-8-24-20-10(12)2/h4-6,8H,7H2,1-3H3,(H,17,21). The first-order chi connectivity index (χ1) is 11.6. The Morgan fingerprint density at radius 1 is 1.38 bits per heavy atom. The van der Waals surface area contributed by atoms with Crippen molar-refractivity contribution >= 4 is 23.1 Å². The molecule has 2 heterocycles. The van der Waals surface area contributed by atoms with Crippen LogP contribution in [0.25, 0.3) is 11.5 Å². The number of carbonyl (C=O) groups excluding carboxylic acids is 1. The molecule has 0 atom stereocenters. The third-order valence-electron chi connectivity index (χ3n) is 3.55. The summed E-state index contributed by atoms with van der Waals surface area (Å²) in [6.07, 6.45) is 0. The Morgan fingerprint density at radius 3 is 2.92 bits per heavy atom. The SMILES string of the molecule is COCc1noc(-c2cccc(NC(=O)c3csnc3C)c2C)n1. The fourth-order valence-corrected chi connectivity index (χ4v) is 2.95. The van der Waals surface area contributed by atoms with E-state index in [1.807, 2.05) is 32.0 Å². The fourth-order valence-electron chi connectivity index (χ4n) is 2.25. The second-order valence-corrected chi connectivity index (χ2v) is 5.82. The van der Waals surface area contributed by atoms with E-state index in [-0.39, 0.29) is 12.5 Å². The van der Waals surface area contributed by atoms with Crippen LogP contribution in [-0.2, 0) is 11.3 Å². The van der Waals surface area contributed by atoms with Crippen LogP contribution in [-0.4, -0.2) is 27.5 Å². The van der Waals surface area contributed by atoms with Gasteiger partial charge in [-0.2, -0.15) is 9.36 Å². The van der Waals surface area contributed by atoms with Gasteiger partial charge in [-0.05, 0) is 43.1 Å². The summed E-state index contributed by atoms with van der Waals surface area (Å²) < 4.78 is 14.4. The number of nitrogens with zero attached hydrogens (tertiary/aromatic N) is 3. The molecule has 0 saturated heterocycles. The van der Waals surface area contributed by atoms with Gasteiger partial charge in [0.05, 0.1) is 11.3 Å². The van der Waals surface area contributed by atoms with Crippen molar-refractivity contribution in [2.45, 2.75) is 20.5 Å². The van der Waals surface area contributed by atoms with E-state index in [1.165, 1.54) is 11.5 Å². The molecule has 8 heteroatoms. The Hall–Kier alpha value is -2.58. The molecule has 1 N–H and O–H groups in total. The molecule has 1 amide bonds. The van der Waals surface area contributed by atoms with Crippen molar-refractivity contribution in [2.75, 3.05) is 12.4 Å². The molecule has 0 unspecified atom stereocenters. The average molecular weight is 344 g/mol. The van der Waals surface area contributed by atoms with Crippen LogP contribution in [0.4, 0.5) is 5.69 Å². The summed E-state index contributed by atoms with van der Waals surface area (Å²) in [5, 5.41) is 8.50. The van der Waals surface area contributed by atoms with Crippen LogP contribution in [0.15, 0.2) is 28.1 Å². The molecule has 24 heavy (non-hydrogen) atoms. The fraction of sp³-hybridized carbons (Fsp3) is 0.250. The molecule has 3 aromatic rings. The molecule has 0 radical (unpaired) electrons. The third-order valence-corrected chi connectivity index (χ3v) is 4.27. The van der Waals surface area contributed by atoms with E-state index in [0.717, 1.165) is 11.1 Å². The molecule has 0 aliphatic rings. The zero-order valence-electron chi connectivity index (χ0n) is 13.5. The number of anilines is 1. The minimum Gasteiger partial charge on any atom is -0.377 e. The highest BCUT2D eigenvalue weighted by molar-refractivity contribution is 7.04. The monoisotopic (exact) mass is 344 g/mol. The zero-order valence-corrected chi connectivity index (χ0v) is 14.3. The van der Waals surface area contributed by atoms with Gasteiger partial charge in [0, 0.05) is 23.7 Å². The van der Waals surface area contributed by atoms with E-state index in [1.54, 1.807) is 12.5 Å². The number of aryl methyl sites for hydroxylation is 1. The number of hydrogen-bond donors (Lipinski definition) is 1. The summed E-state index contributed by atoms with van der Waals surface area (Å²) in [7, 11) is 1.57. The van der Waals surface area contributed by atoms with Crippen molar-refractivity contribution in [1.82, 2.24) is 14.5 Å². The smallest absolute Gasteiger partial charge is 0.258 e. The van der Waals surface area contributed by atoms with Crippen LogP contribution in [0, 0.1) is 13.8 Å². The molecule has 1 aromatic carbocycles. The Balaban J connectivity index is 1.88. The Bertz CT molecular complexity index is 872. The topological polar surface area (TPSA) is 90.1 Å². The van der Waals surface area contributed by atoms with Crippen LogP contribution < -0.4 is 5.32 Å². The number of nitrogens with one attached hydrogen (secondary N) is 1. The van der Waals surface area contributed by atoms with Crippen molar-refractivity contribution < 1.29 is 14.1 Å². The largest absolute Gasteiger partial charge is 0.377 e. The van der Waals surface area contributed by atoms with Crippen molar-refractivity contribution in [2.24, 2.45) is 0 Å². The number of hydrogen-bond acceptors (Lipinski definition) is 7. The van der Waals surface area contributed by atoms with Gasteiger partial charge in [-0.25, -0.2) is 0 Å². The lowest BCUT2D eigenvalue weighted by Gasteiger charge is -2.10. The molecule has 0 aliphatic heterocycles. The lowest BCUT2D eigenvalue weighted by molar-refractivity contribution is 0.102. The van der Waals surface area contributed by atoms with E-state index in [2.05, 4.69) is 19.8 Å². The molecule has 0 aliphatic carbocycles. The van der Waals surface area contributed by atoms with Gasteiger partial charge in [-0.1, -0.05) is 11.2 Å². The summed E-state index contributed by atoms with van der Waals surface area (Å²) in [6, 6.07) is 5.53. The first kappa shape index (κ1) is 16.3. The maximum Gasteiger partial charge on any atom is 0.258 e. The third kappa shape index (κ3) is 3.19. The van der Waals surface area contributed by atoms with Gasteiger partial charge in [0.25, 0.3) is 11.8 Å². The average Bonchev–Trinajstić information content (AvgIpc) is 3.19. The first-order valence-corrected chi connectivity index (χ1v) is 8.07. The summed E-state index contributed by atoms with van der Waals surface area (Å²) in [5.74, 6) is 0.678. The predicted molar refractivity (Wildman–Crippen MR) is 90.0 cm³/mol. The molecular formula is C16H16N4O3S. The number of ether oxygens (including phenoxy) is 1. The van der Waals surface area contributed by atoms with E-state index in [0.29, 0.717) is 28.7 Å². The lowest BCUT2D eigenvalue weighted by atomic mass is 10.1. The highest BCUT2D eigenvalue weighted by Gasteiger charge is 2.16. The number of carbonyl (C=O) groups is 1. The van der Waals surface area contributed by atoms with E-state index < -0.39 is 0 Å². The molecule has 0 saturated carbocycles. The van der Waals surface area contributed by atoms with Crippen molar-refractivity contribution in [1.29, 1.82) is 0 Å². The van der Waals surface area contributed by atoms with Crippen molar-refractivity contribution in [3.05, 3.63) is 46.2 Å². The highest BCUT2D eigenvalue weighted by Crippen LogP contribution is 2.28. The Labute approximate surface area is 142 Å². The van der Waals surface area contributed by atoms with Gasteiger partial charge < -0.3 is 14.6 Å². The van der Waals surface area contributed by atoms with Gasteiger partial charge in [0.15, 0.2) is 5.82 Å². The number of rotatable bonds is 5. The van der Waals surface area contributed by atoms with Crippen LogP contribution in [0.1, 0.15) is 27.4 Å².